The first kappa shape index (κ1) is 17.2. The van der Waals surface area contributed by atoms with Gasteiger partial charge in [0.1, 0.15) is 0 Å². The normalized spacial score (nSPS) is 14.8. The average molecular weight is 277 g/mol. The minimum atomic E-state index is -0.359. The van der Waals surface area contributed by atoms with Crippen molar-refractivity contribution >= 4 is 0 Å². The van der Waals surface area contributed by atoms with E-state index in [1.807, 2.05) is 0 Å². The Balaban J connectivity index is 2.52. The highest BCUT2D eigenvalue weighted by atomic mass is 16.3. The van der Waals surface area contributed by atoms with Gasteiger partial charge in [0.25, 0.3) is 0 Å². The first-order valence-corrected chi connectivity index (χ1v) is 7.76. The molecule has 20 heavy (non-hydrogen) atoms. The van der Waals surface area contributed by atoms with Gasteiger partial charge < -0.3 is 10.0 Å². The molecule has 2 heteroatoms. The topological polar surface area (TPSA) is 23.5 Å². The van der Waals surface area contributed by atoms with Crippen molar-refractivity contribution in [3.05, 3.63) is 34.9 Å². The van der Waals surface area contributed by atoms with E-state index in [4.69, 9.17) is 0 Å². The summed E-state index contributed by atoms with van der Waals surface area (Å²) in [5.74, 6) is 0.719. The number of hydrogen-bond donors (Lipinski definition) is 1. The molecule has 0 aliphatic heterocycles. The molecule has 0 radical (unpaired) electrons. The van der Waals surface area contributed by atoms with Gasteiger partial charge in [0.2, 0.25) is 0 Å². The molecule has 1 N–H and O–H groups in total. The molecule has 0 aromatic heterocycles. The lowest BCUT2D eigenvalue weighted by atomic mass is 10.0. The van der Waals surface area contributed by atoms with Crippen LogP contribution in [0, 0.1) is 19.8 Å². The van der Waals surface area contributed by atoms with Gasteiger partial charge in [-0.3, -0.25) is 0 Å². The van der Waals surface area contributed by atoms with E-state index in [-0.39, 0.29) is 6.10 Å². The summed E-state index contributed by atoms with van der Waals surface area (Å²) in [6, 6.07) is 6.90. The van der Waals surface area contributed by atoms with E-state index in [0.717, 1.165) is 24.4 Å². The van der Waals surface area contributed by atoms with E-state index in [9.17, 15) is 5.11 Å². The minimum Gasteiger partial charge on any atom is -0.388 e. The SMILES string of the molecule is Cc1cc(C)cc(C(O)CCN(C)C(C)CC(C)C)c1. The maximum absolute atomic E-state index is 10.4. The van der Waals surface area contributed by atoms with Gasteiger partial charge in [0.15, 0.2) is 0 Å². The van der Waals surface area contributed by atoms with Crippen LogP contribution in [0.4, 0.5) is 0 Å². The fourth-order valence-electron chi connectivity index (χ4n) is 2.78. The quantitative estimate of drug-likeness (QED) is 0.811. The summed E-state index contributed by atoms with van der Waals surface area (Å²) in [7, 11) is 2.15. The number of aliphatic hydroxyl groups is 1. The first-order chi connectivity index (χ1) is 9.29. The van der Waals surface area contributed by atoms with Crippen molar-refractivity contribution in [3.8, 4) is 0 Å². The van der Waals surface area contributed by atoms with Crippen LogP contribution in [-0.4, -0.2) is 29.6 Å². The molecule has 2 atom stereocenters. The van der Waals surface area contributed by atoms with E-state index < -0.39 is 0 Å². The molecule has 1 rings (SSSR count). The number of rotatable bonds is 7. The molecular formula is C18H31NO. The van der Waals surface area contributed by atoms with E-state index in [1.54, 1.807) is 0 Å². The Labute approximate surface area is 124 Å². The van der Waals surface area contributed by atoms with Crippen molar-refractivity contribution in [2.75, 3.05) is 13.6 Å². The number of benzene rings is 1. The van der Waals surface area contributed by atoms with Gasteiger partial charge >= 0.3 is 0 Å². The van der Waals surface area contributed by atoms with Gasteiger partial charge in [-0.2, -0.15) is 0 Å². The van der Waals surface area contributed by atoms with E-state index in [1.165, 1.54) is 17.5 Å². The predicted molar refractivity (Wildman–Crippen MR) is 87.0 cm³/mol. The molecule has 0 saturated heterocycles. The van der Waals surface area contributed by atoms with E-state index >= 15 is 0 Å². The van der Waals surface area contributed by atoms with Gasteiger partial charge in [-0.1, -0.05) is 43.2 Å². The van der Waals surface area contributed by atoms with Crippen molar-refractivity contribution in [1.82, 2.24) is 4.90 Å². The summed E-state index contributed by atoms with van der Waals surface area (Å²) in [6.45, 7) is 11.9. The summed E-state index contributed by atoms with van der Waals surface area (Å²) < 4.78 is 0. The summed E-state index contributed by atoms with van der Waals surface area (Å²) in [5, 5.41) is 10.4. The van der Waals surface area contributed by atoms with Crippen LogP contribution in [0.3, 0.4) is 0 Å². The lowest BCUT2D eigenvalue weighted by Gasteiger charge is -2.27. The molecule has 1 aromatic carbocycles. The standard InChI is InChI=1S/C18H31NO/c1-13(2)9-16(5)19(6)8-7-18(20)17-11-14(3)10-15(4)12-17/h10-13,16,18,20H,7-9H2,1-6H3. The van der Waals surface area contributed by atoms with Crippen LogP contribution in [-0.2, 0) is 0 Å². The van der Waals surface area contributed by atoms with Crippen molar-refractivity contribution in [3.63, 3.8) is 0 Å². The Morgan fingerprint density at radius 3 is 2.10 bits per heavy atom. The molecule has 0 fully saturated rings. The molecule has 2 unspecified atom stereocenters. The number of aliphatic hydroxyl groups excluding tert-OH is 1. The zero-order chi connectivity index (χ0) is 15.3. The third-order valence-electron chi connectivity index (χ3n) is 3.95. The minimum absolute atomic E-state index is 0.359. The lowest BCUT2D eigenvalue weighted by molar-refractivity contribution is 0.134. The molecule has 0 aliphatic rings. The van der Waals surface area contributed by atoms with Crippen LogP contribution in [0.25, 0.3) is 0 Å². The zero-order valence-electron chi connectivity index (χ0n) is 14.0. The number of aryl methyl sites for hydroxylation is 2. The molecule has 114 valence electrons. The molecule has 0 bridgehead atoms. The lowest BCUT2D eigenvalue weighted by Crippen LogP contribution is -2.31. The zero-order valence-corrected chi connectivity index (χ0v) is 14.0. The Kier molecular flexibility index (Phi) is 6.70. The highest BCUT2D eigenvalue weighted by Crippen LogP contribution is 2.20. The summed E-state index contributed by atoms with van der Waals surface area (Å²) >= 11 is 0. The highest BCUT2D eigenvalue weighted by Gasteiger charge is 2.14. The second kappa shape index (κ2) is 7.80. The van der Waals surface area contributed by atoms with Crippen LogP contribution in [0.15, 0.2) is 18.2 Å². The van der Waals surface area contributed by atoms with Crippen molar-refractivity contribution in [1.29, 1.82) is 0 Å². The Morgan fingerprint density at radius 2 is 1.60 bits per heavy atom. The van der Waals surface area contributed by atoms with E-state index in [2.05, 4.69) is 64.8 Å². The monoisotopic (exact) mass is 277 g/mol. The number of nitrogens with zero attached hydrogens (tertiary/aromatic N) is 1. The second-order valence-corrected chi connectivity index (χ2v) is 6.68. The van der Waals surface area contributed by atoms with Gasteiger partial charge in [-0.05, 0) is 52.1 Å². The Morgan fingerprint density at radius 1 is 1.05 bits per heavy atom. The molecule has 0 aliphatic carbocycles. The first-order valence-electron chi connectivity index (χ1n) is 7.76. The van der Waals surface area contributed by atoms with Crippen LogP contribution in [0.2, 0.25) is 0 Å². The Hall–Kier alpha value is -0.860. The molecule has 0 spiro atoms. The molecular weight excluding hydrogens is 246 g/mol. The summed E-state index contributed by atoms with van der Waals surface area (Å²) in [4.78, 5) is 2.35. The van der Waals surface area contributed by atoms with Gasteiger partial charge in [0.05, 0.1) is 6.10 Å². The van der Waals surface area contributed by atoms with Crippen LogP contribution >= 0.6 is 0 Å². The molecule has 0 amide bonds. The van der Waals surface area contributed by atoms with Gasteiger partial charge in [-0.25, -0.2) is 0 Å². The third-order valence-corrected chi connectivity index (χ3v) is 3.95. The molecule has 0 saturated carbocycles. The summed E-state index contributed by atoms with van der Waals surface area (Å²) in [6.07, 6.45) is 1.64. The van der Waals surface area contributed by atoms with Crippen molar-refractivity contribution < 1.29 is 5.11 Å². The third kappa shape index (κ3) is 5.64. The molecule has 0 heterocycles. The maximum atomic E-state index is 10.4. The molecule has 2 nitrogen and oxygen atoms in total. The largest absolute Gasteiger partial charge is 0.388 e. The van der Waals surface area contributed by atoms with Crippen molar-refractivity contribution in [2.45, 2.75) is 59.6 Å². The fraction of sp³-hybridized carbons (Fsp3) is 0.667. The Bertz CT molecular complexity index is 394. The van der Waals surface area contributed by atoms with Gasteiger partial charge in [-0.15, -0.1) is 0 Å². The van der Waals surface area contributed by atoms with Crippen LogP contribution in [0.5, 0.6) is 0 Å². The fourth-order valence-corrected chi connectivity index (χ4v) is 2.78. The predicted octanol–water partition coefficient (Wildman–Crippen LogP) is 4.09. The van der Waals surface area contributed by atoms with Crippen LogP contribution < -0.4 is 0 Å². The maximum Gasteiger partial charge on any atom is 0.0802 e. The average Bonchev–Trinajstić information content (AvgIpc) is 2.33. The van der Waals surface area contributed by atoms with Crippen molar-refractivity contribution in [2.24, 2.45) is 5.92 Å². The molecule has 1 aromatic rings. The smallest absolute Gasteiger partial charge is 0.0802 e. The second-order valence-electron chi connectivity index (χ2n) is 6.68. The van der Waals surface area contributed by atoms with Gasteiger partial charge in [0, 0.05) is 12.6 Å². The van der Waals surface area contributed by atoms with E-state index in [0.29, 0.717) is 6.04 Å². The highest BCUT2D eigenvalue weighted by molar-refractivity contribution is 5.29. The summed E-state index contributed by atoms with van der Waals surface area (Å²) in [5.41, 5.74) is 3.49. The number of hydrogen-bond acceptors (Lipinski definition) is 2. The van der Waals surface area contributed by atoms with Crippen LogP contribution in [0.1, 0.15) is 56.4 Å².